The number of aromatic nitrogens is 2. The highest BCUT2D eigenvalue weighted by molar-refractivity contribution is 7.74. The van der Waals surface area contributed by atoms with Gasteiger partial charge in [-0.1, -0.05) is 19.8 Å². The second-order valence-electron chi connectivity index (χ2n) is 3.75. The van der Waals surface area contributed by atoms with Crippen LogP contribution in [-0.4, -0.2) is 20.4 Å². The quantitative estimate of drug-likeness (QED) is 0.441. The standard InChI is InChI=1S/C10H19N2.CH4O3S/c1-3-4-5-6-7-12-9-8-11(2)10-12;1-4-5(2)3/h8-10H,3-7H2,1-2H3;1H3,(H,2,3)/q+1;/p-1. The van der Waals surface area contributed by atoms with E-state index in [1.165, 1.54) is 32.2 Å². The molecule has 6 heteroatoms. The van der Waals surface area contributed by atoms with Crippen LogP contribution in [0.5, 0.6) is 0 Å². The van der Waals surface area contributed by atoms with E-state index in [0.717, 1.165) is 7.11 Å². The zero-order valence-electron chi connectivity index (χ0n) is 10.8. The molecule has 0 fully saturated rings. The van der Waals surface area contributed by atoms with Gasteiger partial charge in [0.1, 0.15) is 12.4 Å². The van der Waals surface area contributed by atoms with E-state index in [2.05, 4.69) is 46.0 Å². The Labute approximate surface area is 106 Å². The highest BCUT2D eigenvalue weighted by Crippen LogP contribution is 2.00. The molecule has 0 amide bonds. The molecular formula is C11H22N2O3S. The van der Waals surface area contributed by atoms with E-state index in [1.807, 2.05) is 0 Å². The Hall–Kier alpha value is -0.720. The van der Waals surface area contributed by atoms with Crippen LogP contribution in [0.15, 0.2) is 18.7 Å². The van der Waals surface area contributed by atoms with Gasteiger partial charge in [0.2, 0.25) is 6.33 Å². The summed E-state index contributed by atoms with van der Waals surface area (Å²) in [6, 6.07) is 0. The number of imidazole rings is 1. The molecule has 0 saturated heterocycles. The first-order valence-electron chi connectivity index (χ1n) is 5.74. The molecule has 0 N–H and O–H groups in total. The summed E-state index contributed by atoms with van der Waals surface area (Å²) in [5, 5.41) is 0. The third-order valence-corrected chi connectivity index (χ3v) is 2.50. The molecule has 1 atom stereocenters. The van der Waals surface area contributed by atoms with Crippen molar-refractivity contribution in [3.05, 3.63) is 18.7 Å². The van der Waals surface area contributed by atoms with Crippen LogP contribution in [0.1, 0.15) is 32.6 Å². The molecule has 1 rings (SSSR count). The Morgan fingerprint density at radius 1 is 1.41 bits per heavy atom. The van der Waals surface area contributed by atoms with Gasteiger partial charge in [0, 0.05) is 0 Å². The second-order valence-corrected chi connectivity index (χ2v) is 4.49. The van der Waals surface area contributed by atoms with Gasteiger partial charge in [-0.25, -0.2) is 13.3 Å². The highest BCUT2D eigenvalue weighted by atomic mass is 32.2. The Balaban J connectivity index is 0.000000437. The molecule has 0 aliphatic heterocycles. The van der Waals surface area contributed by atoms with Gasteiger partial charge in [0.15, 0.2) is 0 Å². The number of rotatable bonds is 6. The second kappa shape index (κ2) is 10.4. The molecule has 0 aromatic carbocycles. The first-order chi connectivity index (χ1) is 8.10. The van der Waals surface area contributed by atoms with Crippen molar-refractivity contribution in [3.63, 3.8) is 0 Å². The summed E-state index contributed by atoms with van der Waals surface area (Å²) in [5.41, 5.74) is 0. The summed E-state index contributed by atoms with van der Waals surface area (Å²) < 4.78 is 26.3. The molecule has 1 aromatic rings. The maximum Gasteiger partial charge on any atom is 0.243 e. The minimum absolute atomic E-state index is 1.09. The van der Waals surface area contributed by atoms with E-state index in [9.17, 15) is 0 Å². The molecule has 1 unspecified atom stereocenters. The van der Waals surface area contributed by atoms with Crippen LogP contribution in [0.2, 0.25) is 0 Å². The average Bonchev–Trinajstić information content (AvgIpc) is 2.71. The first-order valence-corrected chi connectivity index (χ1v) is 6.74. The van der Waals surface area contributed by atoms with Gasteiger partial charge in [-0.15, -0.1) is 0 Å². The fourth-order valence-electron chi connectivity index (χ4n) is 1.36. The van der Waals surface area contributed by atoms with Crippen LogP contribution in [0, 0.1) is 0 Å². The lowest BCUT2D eigenvalue weighted by molar-refractivity contribution is -0.671. The Kier molecular flexibility index (Phi) is 9.99. The van der Waals surface area contributed by atoms with Gasteiger partial charge in [-0.3, -0.25) is 0 Å². The van der Waals surface area contributed by atoms with E-state index in [-0.39, 0.29) is 0 Å². The molecule has 0 spiro atoms. The lowest BCUT2D eigenvalue weighted by Crippen LogP contribution is -2.23. The van der Waals surface area contributed by atoms with E-state index in [0.29, 0.717) is 0 Å². The third kappa shape index (κ3) is 10.2. The minimum Gasteiger partial charge on any atom is -0.750 e. The van der Waals surface area contributed by atoms with Crippen molar-refractivity contribution in [1.82, 2.24) is 4.57 Å². The molecule has 0 radical (unpaired) electrons. The van der Waals surface area contributed by atoms with Gasteiger partial charge >= 0.3 is 0 Å². The van der Waals surface area contributed by atoms with Crippen molar-refractivity contribution in [2.75, 3.05) is 7.11 Å². The smallest absolute Gasteiger partial charge is 0.243 e. The average molecular weight is 262 g/mol. The Morgan fingerprint density at radius 2 is 2.06 bits per heavy atom. The van der Waals surface area contributed by atoms with Gasteiger partial charge < -0.3 is 8.74 Å². The first kappa shape index (κ1) is 16.3. The topological polar surface area (TPSA) is 58.2 Å². The van der Waals surface area contributed by atoms with Crippen LogP contribution in [0.4, 0.5) is 0 Å². The zero-order chi connectivity index (χ0) is 13.1. The SMILES string of the molecule is CCCCCCn1cc[n+](C)c1.COS(=O)[O-]. The van der Waals surface area contributed by atoms with Crippen molar-refractivity contribution in [3.8, 4) is 0 Å². The van der Waals surface area contributed by atoms with E-state index >= 15 is 0 Å². The van der Waals surface area contributed by atoms with E-state index in [1.54, 1.807) is 0 Å². The summed E-state index contributed by atoms with van der Waals surface area (Å²) in [6.45, 7) is 3.41. The number of aryl methyl sites for hydroxylation is 2. The summed E-state index contributed by atoms with van der Waals surface area (Å²) in [7, 11) is 3.14. The Bertz CT molecular complexity index is 315. The van der Waals surface area contributed by atoms with Crippen LogP contribution in [-0.2, 0) is 29.1 Å². The monoisotopic (exact) mass is 262 g/mol. The predicted octanol–water partition coefficient (Wildman–Crippen LogP) is 1.32. The Morgan fingerprint density at radius 3 is 2.47 bits per heavy atom. The molecule has 0 aliphatic carbocycles. The fourth-order valence-corrected chi connectivity index (χ4v) is 1.36. The summed E-state index contributed by atoms with van der Waals surface area (Å²) in [5.74, 6) is 0. The predicted molar refractivity (Wildman–Crippen MR) is 65.7 cm³/mol. The fraction of sp³-hybridized carbons (Fsp3) is 0.727. The van der Waals surface area contributed by atoms with Gasteiger partial charge in [0.25, 0.3) is 0 Å². The zero-order valence-corrected chi connectivity index (χ0v) is 11.6. The van der Waals surface area contributed by atoms with Crippen LogP contribution in [0.3, 0.4) is 0 Å². The number of hydrogen-bond acceptors (Lipinski definition) is 3. The largest absolute Gasteiger partial charge is 0.750 e. The molecule has 5 nitrogen and oxygen atoms in total. The minimum atomic E-state index is -2.32. The molecule has 100 valence electrons. The van der Waals surface area contributed by atoms with E-state index < -0.39 is 11.4 Å². The van der Waals surface area contributed by atoms with Crippen LogP contribution in [0.25, 0.3) is 0 Å². The summed E-state index contributed by atoms with van der Waals surface area (Å²) in [6.07, 6.45) is 11.7. The normalized spacial score (nSPS) is 11.8. The molecule has 17 heavy (non-hydrogen) atoms. The van der Waals surface area contributed by atoms with Gasteiger partial charge in [-0.2, -0.15) is 0 Å². The van der Waals surface area contributed by atoms with Crippen LogP contribution >= 0.6 is 0 Å². The van der Waals surface area contributed by atoms with Crippen molar-refractivity contribution < 1.29 is 17.5 Å². The number of nitrogens with zero attached hydrogens (tertiary/aromatic N) is 2. The van der Waals surface area contributed by atoms with Crippen molar-refractivity contribution >= 4 is 11.4 Å². The van der Waals surface area contributed by atoms with Gasteiger partial charge in [0.05, 0.1) is 32.1 Å². The summed E-state index contributed by atoms with van der Waals surface area (Å²) in [4.78, 5) is 0. The lowest BCUT2D eigenvalue weighted by atomic mass is 10.2. The van der Waals surface area contributed by atoms with Gasteiger partial charge in [-0.05, 0) is 12.8 Å². The number of unbranched alkanes of at least 4 members (excludes halogenated alkanes) is 3. The summed E-state index contributed by atoms with van der Waals surface area (Å²) >= 11 is -2.32. The molecule has 1 aromatic heterocycles. The molecule has 0 aliphatic rings. The highest BCUT2D eigenvalue weighted by Gasteiger charge is 1.97. The van der Waals surface area contributed by atoms with Crippen LogP contribution < -0.4 is 4.57 Å². The molecule has 0 saturated carbocycles. The molecule has 0 bridgehead atoms. The van der Waals surface area contributed by atoms with Crippen molar-refractivity contribution in [1.29, 1.82) is 0 Å². The molecule has 1 heterocycles. The third-order valence-electron chi connectivity index (χ3n) is 2.23. The molecular weight excluding hydrogens is 240 g/mol. The maximum absolute atomic E-state index is 9.15. The number of hydrogen-bond donors (Lipinski definition) is 0. The lowest BCUT2D eigenvalue weighted by Gasteiger charge is -1.95. The van der Waals surface area contributed by atoms with Crippen molar-refractivity contribution in [2.45, 2.75) is 39.2 Å². The maximum atomic E-state index is 9.15. The van der Waals surface area contributed by atoms with E-state index in [4.69, 9.17) is 8.76 Å². The van der Waals surface area contributed by atoms with Crippen molar-refractivity contribution in [2.24, 2.45) is 7.05 Å².